The van der Waals surface area contributed by atoms with Gasteiger partial charge in [0.1, 0.15) is 0 Å². The van der Waals surface area contributed by atoms with E-state index < -0.39 is 0 Å². The lowest BCUT2D eigenvalue weighted by molar-refractivity contribution is 0.474. The predicted octanol–water partition coefficient (Wildman–Crippen LogP) is 3.83. The van der Waals surface area contributed by atoms with Crippen molar-refractivity contribution < 1.29 is 0 Å². The first-order chi connectivity index (χ1) is 5.85. The van der Waals surface area contributed by atoms with Gasteiger partial charge in [-0.3, -0.25) is 0 Å². The highest BCUT2D eigenvalue weighted by molar-refractivity contribution is 14.2. The lowest BCUT2D eigenvalue weighted by Gasteiger charge is -2.15. The van der Waals surface area contributed by atoms with E-state index >= 15 is 0 Å². The van der Waals surface area contributed by atoms with Crippen LogP contribution in [0.15, 0.2) is 25.3 Å². The van der Waals surface area contributed by atoms with Gasteiger partial charge in [0.15, 0.2) is 0 Å². The number of halogens is 1. The zero-order chi connectivity index (χ0) is 9.23. The summed E-state index contributed by atoms with van der Waals surface area (Å²) in [5.74, 6) is 0. The Hall–Kier alpha value is 0.520. The minimum Gasteiger partial charge on any atom is -0.241 e. The normalized spacial score (nSPS) is 10.2. The molecule has 0 aromatic heterocycles. The van der Waals surface area contributed by atoms with Gasteiger partial charge in [0.25, 0.3) is 0 Å². The van der Waals surface area contributed by atoms with Crippen LogP contribution < -0.4 is 0 Å². The first kappa shape index (κ1) is 12.5. The second-order valence-corrected chi connectivity index (χ2v) is 4.34. The van der Waals surface area contributed by atoms with Crippen molar-refractivity contribution in [3.8, 4) is 0 Å². The fraction of sp³-hybridized carbons (Fsp3) is 0.556. The van der Waals surface area contributed by atoms with Crippen LogP contribution in [0.5, 0.6) is 0 Å². The predicted molar refractivity (Wildman–Crippen MR) is 67.4 cm³/mol. The summed E-state index contributed by atoms with van der Waals surface area (Å²) in [6, 6.07) is 0. The summed E-state index contributed by atoms with van der Waals surface area (Å²) in [4.78, 5) is 0. The van der Waals surface area contributed by atoms with Crippen LogP contribution in [0, 0.1) is 0 Å². The lowest BCUT2D eigenvalue weighted by Crippen LogP contribution is -2.16. The van der Waals surface area contributed by atoms with Crippen molar-refractivity contribution in [1.29, 1.82) is 0 Å². The van der Waals surface area contributed by atoms with E-state index in [4.69, 9.17) is 0 Å². The summed E-state index contributed by atoms with van der Waals surface area (Å²) in [5, 5.41) is 0. The molecule has 0 unspecified atom stereocenters. The summed E-state index contributed by atoms with van der Waals surface area (Å²) in [7, 11) is 1.78. The highest BCUT2D eigenvalue weighted by Gasteiger charge is 2.00. The molecule has 3 heteroatoms. The van der Waals surface area contributed by atoms with E-state index in [-0.39, 0.29) is 0 Å². The Labute approximate surface area is 92.0 Å². The average Bonchev–Trinajstić information content (AvgIpc) is 2.11. The maximum atomic E-state index is 3.71. The van der Waals surface area contributed by atoms with Crippen LogP contribution in [0.1, 0.15) is 19.3 Å². The molecule has 0 amide bonds. The number of hydrogen-bond acceptors (Lipinski definition) is 2. The molecule has 0 aromatic rings. The summed E-state index contributed by atoms with van der Waals surface area (Å²) >= 11 is 2.32. The minimum absolute atomic E-state index is 1.07. The molecule has 0 rings (SSSR count). The molecule has 0 radical (unpaired) electrons. The molecule has 0 spiro atoms. The molecule has 0 fully saturated rings. The van der Waals surface area contributed by atoms with Gasteiger partial charge >= 0.3 is 0 Å². The Kier molecular flexibility index (Phi) is 10.0. The van der Waals surface area contributed by atoms with E-state index in [0.717, 1.165) is 25.9 Å². The molecule has 0 aliphatic carbocycles. The van der Waals surface area contributed by atoms with Crippen molar-refractivity contribution in [2.75, 3.05) is 13.1 Å². The van der Waals surface area contributed by atoms with Gasteiger partial charge in [0, 0.05) is 34.3 Å². The van der Waals surface area contributed by atoms with Crippen LogP contribution in [0.4, 0.5) is 0 Å². The van der Waals surface area contributed by atoms with Crippen molar-refractivity contribution in [3.63, 3.8) is 0 Å². The van der Waals surface area contributed by atoms with Gasteiger partial charge < -0.3 is 0 Å². The maximum Gasteiger partial charge on any atom is 0.0146 e. The molecule has 1 nitrogen and oxygen atoms in total. The second kappa shape index (κ2) is 9.61. The van der Waals surface area contributed by atoms with Crippen molar-refractivity contribution >= 4 is 30.3 Å². The maximum absolute atomic E-state index is 3.71. The summed E-state index contributed by atoms with van der Waals surface area (Å²) in [6.45, 7) is 9.66. The molecule has 0 bridgehead atoms. The molecular formula is C9H16INS. The van der Waals surface area contributed by atoms with Crippen molar-refractivity contribution in [2.24, 2.45) is 0 Å². The van der Waals surface area contributed by atoms with Crippen LogP contribution in [0.25, 0.3) is 0 Å². The van der Waals surface area contributed by atoms with Gasteiger partial charge in [-0.25, -0.2) is 4.31 Å². The molecule has 0 saturated heterocycles. The summed E-state index contributed by atoms with van der Waals surface area (Å²) in [5.41, 5.74) is 0. The molecule has 0 aliphatic rings. The molecule has 70 valence electrons. The monoisotopic (exact) mass is 297 g/mol. The van der Waals surface area contributed by atoms with E-state index in [9.17, 15) is 0 Å². The van der Waals surface area contributed by atoms with Crippen molar-refractivity contribution in [3.05, 3.63) is 25.3 Å². The SMILES string of the molecule is C=CCCCN(CCC=C)SI. The Balaban J connectivity index is 3.38. The van der Waals surface area contributed by atoms with E-state index in [0.29, 0.717) is 0 Å². The highest BCUT2D eigenvalue weighted by Crippen LogP contribution is 2.19. The van der Waals surface area contributed by atoms with Crippen molar-refractivity contribution in [1.82, 2.24) is 4.31 Å². The average molecular weight is 297 g/mol. The van der Waals surface area contributed by atoms with Crippen LogP contribution in [0.3, 0.4) is 0 Å². The number of unbranched alkanes of at least 4 members (excludes halogenated alkanes) is 1. The zero-order valence-electron chi connectivity index (χ0n) is 7.34. The van der Waals surface area contributed by atoms with Gasteiger partial charge in [0.2, 0.25) is 0 Å². The topological polar surface area (TPSA) is 3.24 Å². The molecule has 0 N–H and O–H groups in total. The quantitative estimate of drug-likeness (QED) is 0.290. The number of allylic oxidation sites excluding steroid dienone is 1. The Morgan fingerprint density at radius 2 is 1.83 bits per heavy atom. The van der Waals surface area contributed by atoms with E-state index in [1.807, 2.05) is 12.2 Å². The summed E-state index contributed by atoms with van der Waals surface area (Å²) < 4.78 is 2.35. The number of hydrogen-bond donors (Lipinski definition) is 0. The molecule has 0 heterocycles. The third kappa shape index (κ3) is 7.18. The molecule has 0 saturated carbocycles. The second-order valence-electron chi connectivity index (χ2n) is 2.51. The molecule has 0 aliphatic heterocycles. The van der Waals surface area contributed by atoms with Crippen molar-refractivity contribution in [2.45, 2.75) is 19.3 Å². The van der Waals surface area contributed by atoms with Gasteiger partial charge in [-0.15, -0.1) is 13.2 Å². The smallest absolute Gasteiger partial charge is 0.0146 e. The Morgan fingerprint density at radius 3 is 2.33 bits per heavy atom. The molecule has 0 atom stereocenters. The largest absolute Gasteiger partial charge is 0.241 e. The molecule has 12 heavy (non-hydrogen) atoms. The first-order valence-corrected chi connectivity index (χ1v) is 7.42. The Bertz CT molecular complexity index is 128. The third-order valence-corrected chi connectivity index (χ3v) is 3.73. The molecular weight excluding hydrogens is 281 g/mol. The summed E-state index contributed by atoms with van der Waals surface area (Å²) in [6.07, 6.45) is 7.33. The van der Waals surface area contributed by atoms with Crippen LogP contribution in [-0.4, -0.2) is 17.4 Å². The standard InChI is InChI=1S/C9H16INS/c1-3-5-7-9-11(12-10)8-6-4-2/h3-4H,1-2,5-9H2. The van der Waals surface area contributed by atoms with E-state index in [1.165, 1.54) is 6.42 Å². The van der Waals surface area contributed by atoms with Gasteiger partial charge in [-0.2, -0.15) is 0 Å². The van der Waals surface area contributed by atoms with Crippen LogP contribution in [-0.2, 0) is 0 Å². The van der Waals surface area contributed by atoms with Crippen LogP contribution >= 0.6 is 30.3 Å². The lowest BCUT2D eigenvalue weighted by atomic mass is 10.3. The first-order valence-electron chi connectivity index (χ1n) is 4.10. The van der Waals surface area contributed by atoms with Gasteiger partial charge in [-0.1, -0.05) is 12.2 Å². The van der Waals surface area contributed by atoms with Gasteiger partial charge in [0.05, 0.1) is 0 Å². The van der Waals surface area contributed by atoms with Gasteiger partial charge in [-0.05, 0) is 28.4 Å². The fourth-order valence-electron chi connectivity index (χ4n) is 0.828. The number of nitrogens with zero attached hydrogens (tertiary/aromatic N) is 1. The third-order valence-electron chi connectivity index (χ3n) is 1.50. The highest BCUT2D eigenvalue weighted by atomic mass is 127. The number of rotatable bonds is 8. The van der Waals surface area contributed by atoms with Crippen LogP contribution in [0.2, 0.25) is 0 Å². The molecule has 0 aromatic carbocycles. The zero-order valence-corrected chi connectivity index (χ0v) is 10.3. The Morgan fingerprint density at radius 1 is 1.17 bits per heavy atom. The van der Waals surface area contributed by atoms with E-state index in [1.54, 1.807) is 9.12 Å². The minimum atomic E-state index is 1.07. The fourth-order valence-corrected chi connectivity index (χ4v) is 2.38. The van der Waals surface area contributed by atoms with E-state index in [2.05, 4.69) is 38.7 Å².